The van der Waals surface area contributed by atoms with E-state index in [9.17, 15) is 24.0 Å². The molecule has 4 N–H and O–H groups in total. The number of rotatable bonds is 35. The molecule has 6 aromatic rings. The fraction of sp³-hybridized carbons (Fsp3) is 0.459. The topological polar surface area (TPSA) is 195 Å². The second-order valence-corrected chi connectivity index (χ2v) is 28.5. The van der Waals surface area contributed by atoms with E-state index >= 15 is 0 Å². The number of ether oxygens (including phenoxy) is 1. The first-order valence-corrected chi connectivity index (χ1v) is 36.8. The molecule has 9 rings (SSSR count). The predicted molar refractivity (Wildman–Crippen MR) is 393 cm³/mol. The van der Waals surface area contributed by atoms with Gasteiger partial charge in [-0.3, -0.25) is 38.4 Å². The summed E-state index contributed by atoms with van der Waals surface area (Å²) < 4.78 is 7.96. The standard InChI is InChI=1S/C74H90Cl5N11O6S/c1-50-51(2)97-74-69(50)70(56-24-26-59(75)27-25-56)84-64(72-86-85-52(3)90(72)74)47-68(93)82-31-35-88-38-36-87(37-39-88)34-17-15-21-66(91)81-30-16-10-8-6-4-5-7-9-14-20-67(92)83-33-41-96-40-32-80-65(46-53-18-12-11-13-19-53)73(95)89-48-57(42-54-22-28-60(76)62(78)44-54)71(94)58(49-89)43-55-23-29-61(77)63(79)45-55/h11-13,18-19,22-29,42-45,64-65,80H,4-10,14-17,20-21,30-41,46-49H2,1-3H3,(H,81,91)(H,82,93)(H,83,92)/b57-42+,58-43+/t64-,65-/m0/s1. The largest absolute Gasteiger partial charge is 0.378 e. The number of hydrogen-bond donors (Lipinski definition) is 4. The zero-order chi connectivity index (χ0) is 68.6. The van der Waals surface area contributed by atoms with Gasteiger partial charge in [0.25, 0.3) is 0 Å². The van der Waals surface area contributed by atoms with E-state index in [0.717, 1.165) is 142 Å². The molecule has 0 spiro atoms. The van der Waals surface area contributed by atoms with Crippen molar-refractivity contribution in [3.8, 4) is 5.00 Å². The number of hydrogen-bond acceptors (Lipinski definition) is 13. The molecule has 23 heteroatoms. The maximum Gasteiger partial charge on any atom is 0.240 e. The van der Waals surface area contributed by atoms with E-state index in [1.54, 1.807) is 64.8 Å². The van der Waals surface area contributed by atoms with Crippen molar-refractivity contribution in [1.82, 2.24) is 50.7 Å². The summed E-state index contributed by atoms with van der Waals surface area (Å²) in [5.74, 6) is 1.15. The van der Waals surface area contributed by atoms with Crippen LogP contribution in [0.4, 0.5) is 0 Å². The van der Waals surface area contributed by atoms with Crippen molar-refractivity contribution < 1.29 is 28.7 Å². The summed E-state index contributed by atoms with van der Waals surface area (Å²) in [6.45, 7) is 14.7. The Morgan fingerprint density at radius 1 is 0.619 bits per heavy atom. The molecule has 2 saturated heterocycles. The van der Waals surface area contributed by atoms with Crippen LogP contribution in [-0.4, -0.2) is 162 Å². The second-order valence-electron chi connectivity index (χ2n) is 25.2. The Morgan fingerprint density at radius 3 is 1.81 bits per heavy atom. The number of unbranched alkanes of at least 4 members (excludes halogenated alkanes) is 9. The first-order chi connectivity index (χ1) is 47.0. The molecule has 2 aromatic heterocycles. The van der Waals surface area contributed by atoms with Crippen molar-refractivity contribution in [2.45, 2.75) is 129 Å². The van der Waals surface area contributed by atoms with Crippen LogP contribution < -0.4 is 21.3 Å². The average molecular weight is 1440 g/mol. The smallest absolute Gasteiger partial charge is 0.240 e. The highest BCUT2D eigenvalue weighted by atomic mass is 35.5. The summed E-state index contributed by atoms with van der Waals surface area (Å²) in [6.07, 6.45) is 16.7. The Hall–Kier alpha value is -6.29. The van der Waals surface area contributed by atoms with Crippen molar-refractivity contribution in [3.05, 3.63) is 177 Å². The Kier molecular flexibility index (Phi) is 29.6. The number of halogens is 5. The van der Waals surface area contributed by atoms with E-state index in [1.807, 2.05) is 61.5 Å². The van der Waals surface area contributed by atoms with Crippen LogP contribution in [0.1, 0.15) is 146 Å². The van der Waals surface area contributed by atoms with E-state index < -0.39 is 12.1 Å². The van der Waals surface area contributed by atoms with Crippen LogP contribution in [0.25, 0.3) is 17.2 Å². The van der Waals surface area contributed by atoms with E-state index in [1.165, 1.54) is 17.7 Å². The third kappa shape index (κ3) is 22.6. The molecule has 2 atom stereocenters. The van der Waals surface area contributed by atoms with Gasteiger partial charge in [0.1, 0.15) is 16.9 Å². The number of thiophene rings is 1. The first-order valence-electron chi connectivity index (χ1n) is 34.1. The molecule has 2 fully saturated rings. The van der Waals surface area contributed by atoms with Gasteiger partial charge < -0.3 is 35.8 Å². The second kappa shape index (κ2) is 38.3. The number of fused-ring (bicyclic) bond motifs is 3. The van der Waals surface area contributed by atoms with Gasteiger partial charge in [-0.15, -0.1) is 21.5 Å². The minimum Gasteiger partial charge on any atom is -0.378 e. The SMILES string of the molecule is Cc1sc2c(c1C)C(c1ccc(Cl)cc1)=N[C@@H](CC(=O)NCCN1CCN(CCCCC(=O)NCCCCCCCCCCCC(=O)NCCOCCN[C@@H](Cc3ccccc3)C(=O)N3C/C(=C\c4ccc(Cl)c(Cl)c4)C(=O)/C(=C/c4ccc(Cl)c(Cl)c4)C3)CC1)c1nnc(C)n1-2. The molecule has 0 radical (unpaired) electrons. The van der Waals surface area contributed by atoms with Crippen LogP contribution in [0, 0.1) is 20.8 Å². The Bertz CT molecular complexity index is 3660. The summed E-state index contributed by atoms with van der Waals surface area (Å²) in [6, 6.07) is 26.6. The number of amides is 4. The maximum atomic E-state index is 14.5. The zero-order valence-corrected chi connectivity index (χ0v) is 60.4. The summed E-state index contributed by atoms with van der Waals surface area (Å²) in [4.78, 5) is 80.3. The van der Waals surface area contributed by atoms with Crippen LogP contribution in [0.5, 0.6) is 0 Å². The highest BCUT2D eigenvalue weighted by molar-refractivity contribution is 7.15. The Balaban J connectivity index is 0.566. The van der Waals surface area contributed by atoms with E-state index in [2.05, 4.69) is 59.7 Å². The summed E-state index contributed by atoms with van der Waals surface area (Å²) in [5.41, 5.74) is 7.15. The Labute approximate surface area is 600 Å². The van der Waals surface area contributed by atoms with Gasteiger partial charge in [0.15, 0.2) is 11.6 Å². The molecular formula is C74H90Cl5N11O6S. The molecule has 4 aromatic carbocycles. The highest BCUT2D eigenvalue weighted by Gasteiger charge is 2.35. The number of nitrogens with zero attached hydrogens (tertiary/aromatic N) is 7. The van der Waals surface area contributed by atoms with Crippen molar-refractivity contribution in [2.24, 2.45) is 4.99 Å². The van der Waals surface area contributed by atoms with E-state index in [4.69, 9.17) is 67.7 Å². The minimum atomic E-state index is -0.623. The molecule has 0 aliphatic carbocycles. The fourth-order valence-corrected chi connectivity index (χ4v) is 14.4. The number of ketones is 1. The maximum absolute atomic E-state index is 14.5. The van der Waals surface area contributed by atoms with Crippen LogP contribution in [-0.2, 0) is 35.1 Å². The number of benzene rings is 4. The fourth-order valence-electron chi connectivity index (χ4n) is 12.4. The lowest BCUT2D eigenvalue weighted by Gasteiger charge is -2.34. The van der Waals surface area contributed by atoms with Crippen LogP contribution in [0.2, 0.25) is 25.1 Å². The van der Waals surface area contributed by atoms with Crippen LogP contribution >= 0.6 is 69.3 Å². The van der Waals surface area contributed by atoms with E-state index in [-0.39, 0.29) is 48.9 Å². The summed E-state index contributed by atoms with van der Waals surface area (Å²) in [5, 5.41) is 24.8. The molecule has 518 valence electrons. The lowest BCUT2D eigenvalue weighted by atomic mass is 9.93. The molecule has 3 aliphatic rings. The third-order valence-electron chi connectivity index (χ3n) is 18.0. The number of piperidine rings is 1. The number of aromatic nitrogens is 3. The summed E-state index contributed by atoms with van der Waals surface area (Å²) >= 11 is 33.1. The Morgan fingerprint density at radius 2 is 1.19 bits per heavy atom. The third-order valence-corrected chi connectivity index (χ3v) is 20.9. The van der Waals surface area contributed by atoms with Gasteiger partial charge >= 0.3 is 0 Å². The van der Waals surface area contributed by atoms with Crippen LogP contribution in [0.3, 0.4) is 0 Å². The molecule has 97 heavy (non-hydrogen) atoms. The van der Waals surface area contributed by atoms with Gasteiger partial charge in [-0.25, -0.2) is 0 Å². The van der Waals surface area contributed by atoms with Crippen LogP contribution in [0.15, 0.2) is 107 Å². The molecule has 0 bridgehead atoms. The normalized spacial score (nSPS) is 16.2. The lowest BCUT2D eigenvalue weighted by molar-refractivity contribution is -0.133. The average Bonchev–Trinajstić information content (AvgIpc) is 1.60. The quantitative estimate of drug-likeness (QED) is 0.0218. The molecule has 17 nitrogen and oxygen atoms in total. The van der Waals surface area contributed by atoms with Gasteiger partial charge in [0.05, 0.1) is 51.5 Å². The first kappa shape index (κ1) is 74.9. The monoisotopic (exact) mass is 1440 g/mol. The number of likely N-dealkylation sites (tertiary alicyclic amines) is 1. The zero-order valence-electron chi connectivity index (χ0n) is 55.9. The molecule has 4 amide bonds. The number of carbonyl (C=O) groups is 5. The summed E-state index contributed by atoms with van der Waals surface area (Å²) in [7, 11) is 0. The number of nitrogens with one attached hydrogen (secondary N) is 4. The number of Topliss-reactive ketones (excluding diaryl/α,β-unsaturated/α-hetero) is 1. The highest BCUT2D eigenvalue weighted by Crippen LogP contribution is 2.40. The van der Waals surface area contributed by atoms with Crippen molar-refractivity contribution in [3.63, 3.8) is 0 Å². The van der Waals surface area contributed by atoms with Crippen molar-refractivity contribution >= 4 is 117 Å². The number of piperazine rings is 1. The number of aryl methyl sites for hydroxylation is 2. The lowest BCUT2D eigenvalue weighted by Crippen LogP contribution is -2.52. The molecule has 5 heterocycles. The number of aliphatic imine (C=N–C) groups is 1. The predicted octanol–water partition coefficient (Wildman–Crippen LogP) is 13.6. The molecular weight excluding hydrogens is 1350 g/mol. The minimum absolute atomic E-state index is 0.0148. The van der Waals surface area contributed by atoms with Crippen molar-refractivity contribution in [2.75, 3.05) is 91.8 Å². The molecule has 0 unspecified atom stereocenters. The number of carbonyl (C=O) groups excluding carboxylic acids is 5. The van der Waals surface area contributed by atoms with Gasteiger partial charge in [-0.2, -0.15) is 0 Å². The van der Waals surface area contributed by atoms with Gasteiger partial charge in [0.2, 0.25) is 23.6 Å². The van der Waals surface area contributed by atoms with Gasteiger partial charge in [-0.05, 0) is 130 Å². The van der Waals surface area contributed by atoms with E-state index in [0.29, 0.717) is 105 Å². The molecule has 3 aliphatic heterocycles. The van der Waals surface area contributed by atoms with Gasteiger partial charge in [-0.1, -0.05) is 158 Å². The molecule has 0 saturated carbocycles. The van der Waals surface area contributed by atoms with Gasteiger partial charge in [0, 0.05) is 117 Å². The van der Waals surface area contributed by atoms with Crippen molar-refractivity contribution in [1.29, 1.82) is 0 Å².